The Morgan fingerprint density at radius 1 is 0.833 bits per heavy atom. The number of aromatic amines is 1. The van der Waals surface area contributed by atoms with Crippen molar-refractivity contribution in [3.63, 3.8) is 0 Å². The van der Waals surface area contributed by atoms with Gasteiger partial charge in [0, 0.05) is 54.2 Å². The number of ether oxygens (including phenoxy) is 4. The number of nitrogen functional groups attached to an aromatic ring is 1. The van der Waals surface area contributed by atoms with Crippen molar-refractivity contribution < 1.29 is 111 Å². The van der Waals surface area contributed by atoms with Gasteiger partial charge in [0.15, 0.2) is 23.7 Å². The molecule has 0 spiro atoms. The third kappa shape index (κ3) is 19.3. The van der Waals surface area contributed by atoms with Crippen LogP contribution in [0.2, 0.25) is 0 Å². The molecule has 21 atom stereocenters. The van der Waals surface area contributed by atoms with Gasteiger partial charge in [0.05, 0.1) is 61.7 Å². The number of hydrogen-bond donors (Lipinski definition) is 13. The number of aliphatic hydroxyl groups excluding tert-OH is 6. The van der Waals surface area contributed by atoms with Crippen LogP contribution in [0.4, 0.5) is 5.95 Å². The first-order valence-corrected chi connectivity index (χ1v) is 34.6. The lowest BCUT2D eigenvalue weighted by atomic mass is 9.89. The van der Waals surface area contributed by atoms with E-state index in [4.69, 9.17) is 33.7 Å². The van der Waals surface area contributed by atoms with Crippen molar-refractivity contribution in [2.24, 2.45) is 23.7 Å². The molecule has 35 nitrogen and oxygen atoms in total. The average Bonchev–Trinajstić information content (AvgIpc) is 1.59. The van der Waals surface area contributed by atoms with Crippen molar-refractivity contribution in [2.45, 2.75) is 198 Å². The number of anilines is 1. The quantitative estimate of drug-likeness (QED) is 0.0327. The van der Waals surface area contributed by atoms with Crippen molar-refractivity contribution in [1.82, 2.24) is 50.2 Å². The highest BCUT2D eigenvalue weighted by Crippen LogP contribution is 2.61. The monoisotopic (exact) mass is 1400 g/mol. The number of aromatic nitrogens is 4. The van der Waals surface area contributed by atoms with Crippen LogP contribution in [0.1, 0.15) is 112 Å². The molecule has 0 aliphatic carbocycles. The molecule has 13 unspecified atom stereocenters. The second-order valence-electron chi connectivity index (χ2n) is 25.2. The zero-order chi connectivity index (χ0) is 71.6. The number of phosphoric ester groups is 2. The van der Waals surface area contributed by atoms with E-state index in [2.05, 4.69) is 35.2 Å². The molecule has 0 bridgehead atoms. The van der Waals surface area contributed by atoms with E-state index in [-0.39, 0.29) is 41.3 Å². The summed E-state index contributed by atoms with van der Waals surface area (Å²) in [6, 6.07) is 4.83. The third-order valence-electron chi connectivity index (χ3n) is 17.8. The number of hydrogen-bond acceptors (Lipinski definition) is 25. The maximum absolute atomic E-state index is 14.8. The second kappa shape index (κ2) is 34.2. The average molecular weight is 1400 g/mol. The standard InChI is InChI=1S/C59H95N11O24P2/c1-13-30(6)44(35(88-11)24-40(73)69-23-17-20-34(69)51(89-12)31(7)53(80)63-32(8)45(74)33-18-15-14-16-19-33)68(10)56(83)41(28(2)3)64-55(82)43(29(4)5)67(9)39(72)22-21-38(71)61-25-36-46(75)48(77)50(79)58(92-36)93-96(86,87)94-95(84,85)90-26-37-47(76)49(78)57(91-37)70-27-62-42-52(70)65-59(60)66-54(42)81/h14-16,18-19,27-32,34-37,41,43-51,57-58,74-79H,13,17,20-26H2,1-12H3,(H,61,71)(H,63,80)(H,64,82)(H,84,85)(H,86,87)(H3,60,65,66,81)/t30-,31+,32+,34-,35+,36?,37?,41?,43?,44-,45+,46?,47?,48?,49?,50?,51+,57?,58?/m0/s1. The zero-order valence-electron chi connectivity index (χ0n) is 55.7. The Balaban J connectivity index is 1.01. The highest BCUT2D eigenvalue weighted by Gasteiger charge is 2.51. The number of nitrogens with two attached hydrogens (primary N) is 1. The summed E-state index contributed by atoms with van der Waals surface area (Å²) in [6.07, 6.45) is -18.3. The van der Waals surface area contributed by atoms with Crippen LogP contribution >= 0.6 is 15.6 Å². The van der Waals surface area contributed by atoms with E-state index in [9.17, 15) is 83.1 Å². The number of likely N-dealkylation sites (N-methyl/N-ethyl adjacent to an activating group) is 2. The van der Waals surface area contributed by atoms with Gasteiger partial charge in [-0.3, -0.25) is 52.2 Å². The van der Waals surface area contributed by atoms with Crippen LogP contribution in [-0.4, -0.2) is 250 Å². The molecule has 1 aromatic carbocycles. The zero-order valence-corrected chi connectivity index (χ0v) is 57.5. The minimum atomic E-state index is -5.87. The third-order valence-corrected chi connectivity index (χ3v) is 20.4. The molecule has 3 aliphatic heterocycles. The molecule has 3 aromatic rings. The summed E-state index contributed by atoms with van der Waals surface area (Å²) >= 11 is 0. The van der Waals surface area contributed by atoms with Crippen molar-refractivity contribution in [2.75, 3.05) is 53.7 Å². The summed E-state index contributed by atoms with van der Waals surface area (Å²) in [5.74, 6) is -5.65. The lowest BCUT2D eigenvalue weighted by Crippen LogP contribution is -2.60. The molecule has 6 rings (SSSR count). The van der Waals surface area contributed by atoms with Crippen molar-refractivity contribution in [3.8, 4) is 0 Å². The molecule has 540 valence electrons. The Hall–Kier alpha value is -5.95. The first kappa shape index (κ1) is 79.0. The number of nitrogens with zero attached hydrogens (tertiary/aromatic N) is 6. The normalized spacial score (nSPS) is 26.3. The Kier molecular flexibility index (Phi) is 28.2. The number of nitrogens with one attached hydrogen (secondary N) is 4. The molecule has 37 heteroatoms. The topological polar surface area (TPSA) is 498 Å². The van der Waals surface area contributed by atoms with E-state index in [0.717, 1.165) is 15.8 Å². The number of imidazole rings is 1. The first-order valence-electron chi connectivity index (χ1n) is 31.6. The summed E-state index contributed by atoms with van der Waals surface area (Å²) < 4.78 is 63.7. The van der Waals surface area contributed by atoms with Gasteiger partial charge in [0.1, 0.15) is 54.8 Å². The number of fused-ring (bicyclic) bond motifs is 1. The van der Waals surface area contributed by atoms with Crippen LogP contribution < -0.4 is 27.2 Å². The summed E-state index contributed by atoms with van der Waals surface area (Å²) in [5.41, 5.74) is 5.15. The highest BCUT2D eigenvalue weighted by atomic mass is 31.3. The number of H-pyrrole nitrogens is 1. The number of rotatable bonds is 33. The fourth-order valence-electron chi connectivity index (χ4n) is 12.3. The number of carbonyl (C=O) groups is 6. The molecule has 0 saturated carbocycles. The molecule has 0 radical (unpaired) electrons. The summed E-state index contributed by atoms with van der Waals surface area (Å²) in [5, 5.41) is 72.4. The van der Waals surface area contributed by atoms with Crippen LogP contribution in [0.25, 0.3) is 11.2 Å². The molecule has 3 aliphatic rings. The van der Waals surface area contributed by atoms with Gasteiger partial charge in [-0.15, -0.1) is 0 Å². The molecule has 5 heterocycles. The highest BCUT2D eigenvalue weighted by molar-refractivity contribution is 7.61. The Morgan fingerprint density at radius 3 is 2.10 bits per heavy atom. The summed E-state index contributed by atoms with van der Waals surface area (Å²) in [7, 11) is -5.71. The molecule has 6 amide bonds. The number of phosphoric acid groups is 2. The van der Waals surface area contributed by atoms with Crippen LogP contribution in [0.15, 0.2) is 41.5 Å². The number of carbonyl (C=O) groups excluding carboxylic acids is 6. The largest absolute Gasteiger partial charge is 0.483 e. The number of aliphatic hydroxyl groups is 6. The number of benzene rings is 1. The lowest BCUT2D eigenvalue weighted by molar-refractivity contribution is -0.273. The minimum absolute atomic E-state index is 0.143. The SMILES string of the molecule is CC[C@H](C)[C@@H]([C@@H](CC(=O)N1CCC[C@H]1[C@H](OC)[C@@H](C)C(=O)N[C@H](C)[C@@H](O)c1ccccc1)OC)N(C)C(=O)C(NC(=O)C(C(C)C)N(C)C(=O)CCC(=O)NCC1OC(OP(=O)(O)OP(=O)(O)OCC2OC(n3cnc4c(=O)[nH]c(N)nc43)C(O)C2O)C(O)C(O)C1O)C(C)C. The lowest BCUT2D eigenvalue weighted by Gasteiger charge is -2.41. The van der Waals surface area contributed by atoms with E-state index in [1.807, 2.05) is 19.9 Å². The predicted octanol–water partition coefficient (Wildman–Crippen LogP) is -0.942. The summed E-state index contributed by atoms with van der Waals surface area (Å²) in [4.78, 5) is 132. The van der Waals surface area contributed by atoms with Crippen molar-refractivity contribution in [1.29, 1.82) is 0 Å². The van der Waals surface area contributed by atoms with E-state index in [1.54, 1.807) is 77.8 Å². The van der Waals surface area contributed by atoms with Gasteiger partial charge in [-0.05, 0) is 43.1 Å². The Labute approximate surface area is 554 Å². The van der Waals surface area contributed by atoms with Gasteiger partial charge in [-0.1, -0.05) is 85.2 Å². The van der Waals surface area contributed by atoms with Gasteiger partial charge in [0.25, 0.3) is 5.56 Å². The molecular formula is C59H95N11O24P2. The van der Waals surface area contributed by atoms with E-state index >= 15 is 0 Å². The van der Waals surface area contributed by atoms with Crippen molar-refractivity contribution in [3.05, 3.63) is 52.6 Å². The second-order valence-corrected chi connectivity index (χ2v) is 28.2. The van der Waals surface area contributed by atoms with Crippen LogP contribution in [0.5, 0.6) is 0 Å². The molecule has 2 aromatic heterocycles. The summed E-state index contributed by atoms with van der Waals surface area (Å²) in [6.45, 7) is 12.7. The maximum Gasteiger partial charge on any atom is 0.483 e. The minimum Gasteiger partial charge on any atom is -0.388 e. The van der Waals surface area contributed by atoms with Crippen LogP contribution in [-0.2, 0) is 70.2 Å². The molecule has 96 heavy (non-hydrogen) atoms. The van der Waals surface area contributed by atoms with Gasteiger partial charge < -0.3 is 95.8 Å². The van der Waals surface area contributed by atoms with Gasteiger partial charge >= 0.3 is 15.6 Å². The van der Waals surface area contributed by atoms with E-state index < -0.39 is 192 Å². The first-order chi connectivity index (χ1) is 45.0. The van der Waals surface area contributed by atoms with Gasteiger partial charge in [-0.25, -0.2) is 14.1 Å². The van der Waals surface area contributed by atoms with Crippen molar-refractivity contribution >= 4 is 68.2 Å². The smallest absolute Gasteiger partial charge is 0.388 e. The van der Waals surface area contributed by atoms with Gasteiger partial charge in [0.2, 0.25) is 41.4 Å². The predicted molar refractivity (Wildman–Crippen MR) is 338 cm³/mol. The number of methoxy groups -OCH3 is 2. The maximum atomic E-state index is 14.8. The fourth-order valence-corrected chi connectivity index (χ4v) is 14.5. The van der Waals surface area contributed by atoms with E-state index in [1.165, 1.54) is 26.2 Å². The van der Waals surface area contributed by atoms with Gasteiger partial charge in [-0.2, -0.15) is 9.29 Å². The molecule has 3 fully saturated rings. The molecule has 3 saturated heterocycles. The fraction of sp³-hybridized carbons (Fsp3) is 0.712. The van der Waals surface area contributed by atoms with E-state index in [0.29, 0.717) is 31.4 Å². The molecular weight excluding hydrogens is 1310 g/mol. The van der Waals surface area contributed by atoms with Crippen LogP contribution in [0, 0.1) is 23.7 Å². The Bertz CT molecular complexity index is 3300. The Morgan fingerprint density at radius 2 is 1.49 bits per heavy atom. The molecule has 14 N–H and O–H groups in total. The van der Waals surface area contributed by atoms with Crippen LogP contribution in [0.3, 0.4) is 0 Å². The number of likely N-dealkylation sites (tertiary alicyclic amines) is 1. The number of amides is 6.